The van der Waals surface area contributed by atoms with Gasteiger partial charge in [0.1, 0.15) is 0 Å². The van der Waals surface area contributed by atoms with Crippen LogP contribution in [0, 0.1) is 0 Å². The maximum atomic E-state index is 11.3. The second-order valence-corrected chi connectivity index (χ2v) is 6.33. The maximum absolute atomic E-state index is 11.3. The van der Waals surface area contributed by atoms with Gasteiger partial charge in [0.2, 0.25) is 10.0 Å². The first-order valence-corrected chi connectivity index (χ1v) is 8.00. The number of hydrogen-bond acceptors (Lipinski definition) is 2. The highest BCUT2D eigenvalue weighted by molar-refractivity contribution is 7.88. The van der Waals surface area contributed by atoms with Gasteiger partial charge in [0, 0.05) is 12.5 Å². The zero-order valence-corrected chi connectivity index (χ0v) is 11.6. The lowest BCUT2D eigenvalue weighted by Gasteiger charge is -2.18. The van der Waals surface area contributed by atoms with Gasteiger partial charge in [-0.25, -0.2) is 13.1 Å². The SMILES string of the molecule is CS(=O)(=O)NCC(c1ccccc1)c1ccccc1. The van der Waals surface area contributed by atoms with E-state index in [0.717, 1.165) is 11.1 Å². The van der Waals surface area contributed by atoms with Crippen molar-refractivity contribution < 1.29 is 8.42 Å². The predicted octanol–water partition coefficient (Wildman–Crippen LogP) is 2.37. The molecule has 19 heavy (non-hydrogen) atoms. The third-order valence-corrected chi connectivity index (χ3v) is 3.64. The third-order valence-electron chi connectivity index (χ3n) is 2.95. The molecule has 0 fully saturated rings. The zero-order chi connectivity index (χ0) is 13.7. The molecule has 0 atom stereocenters. The molecular formula is C15H17NO2S. The second kappa shape index (κ2) is 5.99. The fraction of sp³-hybridized carbons (Fsp3) is 0.200. The van der Waals surface area contributed by atoms with E-state index >= 15 is 0 Å². The summed E-state index contributed by atoms with van der Waals surface area (Å²) in [4.78, 5) is 0. The molecule has 0 heterocycles. The van der Waals surface area contributed by atoms with E-state index in [9.17, 15) is 8.42 Å². The highest BCUT2D eigenvalue weighted by atomic mass is 32.2. The van der Waals surface area contributed by atoms with Crippen LogP contribution in [0.1, 0.15) is 17.0 Å². The Labute approximate surface area is 114 Å². The molecule has 0 unspecified atom stereocenters. The minimum Gasteiger partial charge on any atom is -0.215 e. The lowest BCUT2D eigenvalue weighted by molar-refractivity contribution is 0.583. The van der Waals surface area contributed by atoms with E-state index in [-0.39, 0.29) is 5.92 Å². The number of sulfonamides is 1. The lowest BCUT2D eigenvalue weighted by atomic mass is 9.92. The topological polar surface area (TPSA) is 46.2 Å². The Morgan fingerprint density at radius 3 is 1.68 bits per heavy atom. The first-order chi connectivity index (χ1) is 9.06. The normalized spacial score (nSPS) is 11.7. The van der Waals surface area contributed by atoms with Gasteiger partial charge in [0.05, 0.1) is 6.26 Å². The van der Waals surface area contributed by atoms with Crippen molar-refractivity contribution in [3.05, 3.63) is 71.8 Å². The van der Waals surface area contributed by atoms with E-state index in [1.807, 2.05) is 60.7 Å². The zero-order valence-electron chi connectivity index (χ0n) is 10.8. The summed E-state index contributed by atoms with van der Waals surface area (Å²) in [5.41, 5.74) is 2.20. The molecule has 0 saturated carbocycles. The van der Waals surface area contributed by atoms with Crippen LogP contribution in [0.3, 0.4) is 0 Å². The van der Waals surface area contributed by atoms with E-state index in [0.29, 0.717) is 6.54 Å². The van der Waals surface area contributed by atoms with Crippen LogP contribution in [0.4, 0.5) is 0 Å². The molecule has 0 bridgehead atoms. The van der Waals surface area contributed by atoms with E-state index in [1.165, 1.54) is 6.26 Å². The highest BCUT2D eigenvalue weighted by Crippen LogP contribution is 2.23. The summed E-state index contributed by atoms with van der Waals surface area (Å²) >= 11 is 0. The molecule has 2 rings (SSSR count). The molecular weight excluding hydrogens is 258 g/mol. The predicted molar refractivity (Wildman–Crippen MR) is 77.6 cm³/mol. The number of rotatable bonds is 5. The summed E-state index contributed by atoms with van der Waals surface area (Å²) in [6, 6.07) is 19.8. The van der Waals surface area contributed by atoms with Gasteiger partial charge in [-0.1, -0.05) is 60.7 Å². The van der Waals surface area contributed by atoms with Gasteiger partial charge < -0.3 is 0 Å². The fourth-order valence-corrected chi connectivity index (χ4v) is 2.50. The minimum absolute atomic E-state index is 0.0251. The monoisotopic (exact) mass is 275 g/mol. The first kappa shape index (κ1) is 13.8. The molecule has 4 heteroatoms. The van der Waals surface area contributed by atoms with E-state index in [2.05, 4.69) is 4.72 Å². The van der Waals surface area contributed by atoms with Gasteiger partial charge in [0.25, 0.3) is 0 Å². The Morgan fingerprint density at radius 2 is 1.32 bits per heavy atom. The summed E-state index contributed by atoms with van der Waals surface area (Å²) in [6.07, 6.45) is 1.18. The van der Waals surface area contributed by atoms with Gasteiger partial charge >= 0.3 is 0 Å². The Balaban J connectivity index is 2.29. The highest BCUT2D eigenvalue weighted by Gasteiger charge is 2.15. The van der Waals surface area contributed by atoms with Gasteiger partial charge in [0.15, 0.2) is 0 Å². The summed E-state index contributed by atoms with van der Waals surface area (Å²) in [7, 11) is -3.19. The molecule has 0 aromatic heterocycles. The molecule has 0 saturated heterocycles. The molecule has 0 spiro atoms. The van der Waals surface area contributed by atoms with Gasteiger partial charge in [-0.3, -0.25) is 0 Å². The molecule has 0 aliphatic heterocycles. The summed E-state index contributed by atoms with van der Waals surface area (Å²) in [5, 5.41) is 0. The Hall–Kier alpha value is -1.65. The van der Waals surface area contributed by atoms with Crippen LogP contribution in [-0.4, -0.2) is 21.2 Å². The van der Waals surface area contributed by atoms with Gasteiger partial charge in [-0.15, -0.1) is 0 Å². The van der Waals surface area contributed by atoms with E-state index < -0.39 is 10.0 Å². The first-order valence-electron chi connectivity index (χ1n) is 6.11. The van der Waals surface area contributed by atoms with Crippen molar-refractivity contribution in [2.75, 3.05) is 12.8 Å². The largest absolute Gasteiger partial charge is 0.215 e. The second-order valence-electron chi connectivity index (χ2n) is 4.49. The summed E-state index contributed by atoms with van der Waals surface area (Å²) in [6.45, 7) is 0.368. The van der Waals surface area contributed by atoms with Gasteiger partial charge in [-0.2, -0.15) is 0 Å². The van der Waals surface area contributed by atoms with Crippen molar-refractivity contribution >= 4 is 10.0 Å². The molecule has 0 aliphatic rings. The maximum Gasteiger partial charge on any atom is 0.208 e. The molecule has 0 amide bonds. The standard InChI is InChI=1S/C15H17NO2S/c1-19(17,18)16-12-15(13-8-4-2-5-9-13)14-10-6-3-7-11-14/h2-11,15-16H,12H2,1H3. The fourth-order valence-electron chi connectivity index (χ4n) is 2.03. The third kappa shape index (κ3) is 4.19. The number of hydrogen-bond donors (Lipinski definition) is 1. The quantitative estimate of drug-likeness (QED) is 0.910. The van der Waals surface area contributed by atoms with Crippen LogP contribution in [0.25, 0.3) is 0 Å². The van der Waals surface area contributed by atoms with Crippen molar-refractivity contribution in [3.63, 3.8) is 0 Å². The van der Waals surface area contributed by atoms with Crippen molar-refractivity contribution in [2.24, 2.45) is 0 Å². The van der Waals surface area contributed by atoms with Crippen LogP contribution in [0.5, 0.6) is 0 Å². The molecule has 0 aliphatic carbocycles. The van der Waals surface area contributed by atoms with Gasteiger partial charge in [-0.05, 0) is 11.1 Å². The smallest absolute Gasteiger partial charge is 0.208 e. The molecule has 1 N–H and O–H groups in total. The van der Waals surface area contributed by atoms with Crippen molar-refractivity contribution in [3.8, 4) is 0 Å². The summed E-state index contributed by atoms with van der Waals surface area (Å²) in [5.74, 6) is 0.0251. The van der Waals surface area contributed by atoms with Crippen LogP contribution in [0.15, 0.2) is 60.7 Å². The molecule has 100 valence electrons. The average Bonchev–Trinajstić information content (AvgIpc) is 2.40. The van der Waals surface area contributed by atoms with Crippen LogP contribution >= 0.6 is 0 Å². The Morgan fingerprint density at radius 1 is 0.895 bits per heavy atom. The molecule has 2 aromatic carbocycles. The van der Waals surface area contributed by atoms with Crippen LogP contribution in [0.2, 0.25) is 0 Å². The van der Waals surface area contributed by atoms with Crippen molar-refractivity contribution in [1.29, 1.82) is 0 Å². The van der Waals surface area contributed by atoms with E-state index in [1.54, 1.807) is 0 Å². The molecule has 0 radical (unpaired) electrons. The lowest BCUT2D eigenvalue weighted by Crippen LogP contribution is -2.27. The Bertz CT molecular complexity index is 570. The average molecular weight is 275 g/mol. The van der Waals surface area contributed by atoms with Crippen LogP contribution in [-0.2, 0) is 10.0 Å². The minimum atomic E-state index is -3.19. The number of nitrogens with one attached hydrogen (secondary N) is 1. The Kier molecular flexibility index (Phi) is 4.35. The van der Waals surface area contributed by atoms with Crippen molar-refractivity contribution in [2.45, 2.75) is 5.92 Å². The number of benzene rings is 2. The summed E-state index contributed by atoms with van der Waals surface area (Å²) < 4.78 is 25.2. The molecule has 2 aromatic rings. The van der Waals surface area contributed by atoms with E-state index in [4.69, 9.17) is 0 Å². The van der Waals surface area contributed by atoms with Crippen LogP contribution < -0.4 is 4.72 Å². The molecule has 3 nitrogen and oxygen atoms in total. The van der Waals surface area contributed by atoms with Crippen molar-refractivity contribution in [1.82, 2.24) is 4.72 Å².